The van der Waals surface area contributed by atoms with E-state index < -0.39 is 17.7 Å². The molecular formula is C25H30N2O4. The Morgan fingerprint density at radius 1 is 1.06 bits per heavy atom. The Balaban J connectivity index is 2.06. The first kappa shape index (κ1) is 22.6. The molecule has 164 valence electrons. The average molecular weight is 423 g/mol. The number of aliphatic hydroxyl groups is 1. The van der Waals surface area contributed by atoms with E-state index in [-0.39, 0.29) is 11.3 Å². The van der Waals surface area contributed by atoms with Crippen LogP contribution in [0.25, 0.3) is 5.76 Å². The van der Waals surface area contributed by atoms with Gasteiger partial charge in [-0.1, -0.05) is 43.3 Å². The summed E-state index contributed by atoms with van der Waals surface area (Å²) < 4.78 is 5.24. The minimum atomic E-state index is -0.650. The summed E-state index contributed by atoms with van der Waals surface area (Å²) in [4.78, 5) is 29.5. The lowest BCUT2D eigenvalue weighted by atomic mass is 9.95. The second-order valence-corrected chi connectivity index (χ2v) is 7.97. The van der Waals surface area contributed by atoms with E-state index in [1.54, 1.807) is 36.3 Å². The third kappa shape index (κ3) is 4.80. The fraction of sp³-hybridized carbons (Fsp3) is 0.360. The number of carbonyl (C=O) groups excluding carboxylic acids is 2. The second kappa shape index (κ2) is 9.79. The topological polar surface area (TPSA) is 70.1 Å². The van der Waals surface area contributed by atoms with Crippen molar-refractivity contribution in [3.63, 3.8) is 0 Å². The highest BCUT2D eigenvalue weighted by Gasteiger charge is 2.45. The van der Waals surface area contributed by atoms with Crippen molar-refractivity contribution in [2.75, 3.05) is 34.3 Å². The molecule has 31 heavy (non-hydrogen) atoms. The van der Waals surface area contributed by atoms with Gasteiger partial charge in [-0.05, 0) is 56.7 Å². The molecule has 1 N–H and O–H groups in total. The lowest BCUT2D eigenvalue weighted by Crippen LogP contribution is -2.32. The largest absolute Gasteiger partial charge is 0.507 e. The zero-order valence-electron chi connectivity index (χ0n) is 18.6. The molecule has 2 aromatic rings. The Morgan fingerprint density at radius 3 is 2.26 bits per heavy atom. The number of hydrogen-bond acceptors (Lipinski definition) is 5. The van der Waals surface area contributed by atoms with E-state index in [1.165, 1.54) is 0 Å². The van der Waals surface area contributed by atoms with Crippen LogP contribution in [-0.4, -0.2) is 60.9 Å². The van der Waals surface area contributed by atoms with Crippen molar-refractivity contribution < 1.29 is 19.4 Å². The predicted molar refractivity (Wildman–Crippen MR) is 121 cm³/mol. The van der Waals surface area contributed by atoms with Crippen molar-refractivity contribution in [1.82, 2.24) is 9.80 Å². The zero-order chi connectivity index (χ0) is 22.5. The van der Waals surface area contributed by atoms with Gasteiger partial charge in [0.1, 0.15) is 11.5 Å². The van der Waals surface area contributed by atoms with Gasteiger partial charge in [-0.15, -0.1) is 0 Å². The molecule has 6 nitrogen and oxygen atoms in total. The lowest BCUT2D eigenvalue weighted by molar-refractivity contribution is -0.139. The first-order valence-corrected chi connectivity index (χ1v) is 10.5. The number of Topliss-reactive ketones (excluding diaryl/α,β-unsaturated/α-hetero) is 1. The molecule has 1 fully saturated rings. The Bertz CT molecular complexity index is 962. The van der Waals surface area contributed by atoms with Crippen molar-refractivity contribution in [3.05, 3.63) is 70.8 Å². The molecule has 3 rings (SSSR count). The fourth-order valence-corrected chi connectivity index (χ4v) is 3.85. The van der Waals surface area contributed by atoms with E-state index in [2.05, 4.69) is 6.92 Å². The molecule has 1 unspecified atom stereocenters. The summed E-state index contributed by atoms with van der Waals surface area (Å²) in [5.74, 6) is -0.686. The number of benzene rings is 2. The quantitative estimate of drug-likeness (QED) is 0.400. The van der Waals surface area contributed by atoms with Crippen molar-refractivity contribution in [3.8, 4) is 5.75 Å². The van der Waals surface area contributed by atoms with Crippen LogP contribution in [-0.2, 0) is 16.0 Å². The van der Waals surface area contributed by atoms with Crippen LogP contribution < -0.4 is 4.74 Å². The molecule has 1 aliphatic rings. The monoisotopic (exact) mass is 422 g/mol. The molecule has 0 radical (unpaired) electrons. The van der Waals surface area contributed by atoms with Gasteiger partial charge in [0.25, 0.3) is 11.7 Å². The van der Waals surface area contributed by atoms with Crippen molar-refractivity contribution in [2.24, 2.45) is 0 Å². The third-order valence-corrected chi connectivity index (χ3v) is 5.61. The normalized spacial score (nSPS) is 18.1. The lowest BCUT2D eigenvalue weighted by Gasteiger charge is -2.26. The van der Waals surface area contributed by atoms with Gasteiger partial charge in [-0.25, -0.2) is 0 Å². The van der Waals surface area contributed by atoms with Crippen LogP contribution in [0.2, 0.25) is 0 Å². The number of methoxy groups -OCH3 is 1. The summed E-state index contributed by atoms with van der Waals surface area (Å²) in [6.45, 7) is 3.26. The van der Waals surface area contributed by atoms with Gasteiger partial charge < -0.3 is 19.6 Å². The van der Waals surface area contributed by atoms with Gasteiger partial charge in [0, 0.05) is 12.1 Å². The highest BCUT2D eigenvalue weighted by Crippen LogP contribution is 2.39. The standard InChI is InChI=1S/C25H30N2O4/c1-5-17-7-9-19(10-8-17)23(28)21-22(18-11-13-20(31-4)14-12-18)27(25(30)24(21)29)16-6-15-26(2)3/h7-14,22,28H,5-6,15-16H2,1-4H3/b23-21-. The molecule has 6 heteroatoms. The van der Waals surface area contributed by atoms with Gasteiger partial charge in [0.05, 0.1) is 18.7 Å². The van der Waals surface area contributed by atoms with E-state index in [4.69, 9.17) is 4.74 Å². The van der Waals surface area contributed by atoms with Crippen LogP contribution in [0.15, 0.2) is 54.1 Å². The highest BCUT2D eigenvalue weighted by atomic mass is 16.5. The molecule has 1 aliphatic heterocycles. The number of aryl methyl sites for hydroxylation is 1. The van der Waals surface area contributed by atoms with Crippen LogP contribution in [0.4, 0.5) is 0 Å². The number of carbonyl (C=O) groups is 2. The zero-order valence-corrected chi connectivity index (χ0v) is 18.6. The van der Waals surface area contributed by atoms with E-state index in [9.17, 15) is 14.7 Å². The Hall–Kier alpha value is -3.12. The van der Waals surface area contributed by atoms with Crippen molar-refractivity contribution in [1.29, 1.82) is 0 Å². The molecular weight excluding hydrogens is 392 g/mol. The number of ether oxygens (including phenoxy) is 1. The third-order valence-electron chi connectivity index (χ3n) is 5.61. The van der Waals surface area contributed by atoms with E-state index >= 15 is 0 Å². The van der Waals surface area contributed by atoms with Gasteiger partial charge in [0.2, 0.25) is 0 Å². The molecule has 1 saturated heterocycles. The average Bonchev–Trinajstić information content (AvgIpc) is 3.03. The number of nitrogens with zero attached hydrogens (tertiary/aromatic N) is 2. The van der Waals surface area contributed by atoms with Crippen LogP contribution in [0.1, 0.15) is 36.1 Å². The number of rotatable bonds is 8. The Kier molecular flexibility index (Phi) is 7.13. The maximum absolute atomic E-state index is 13.0. The van der Waals surface area contributed by atoms with E-state index in [0.717, 1.165) is 30.5 Å². The summed E-state index contributed by atoms with van der Waals surface area (Å²) in [5.41, 5.74) is 2.55. The molecule has 1 atom stereocenters. The Labute approximate surface area is 183 Å². The van der Waals surface area contributed by atoms with Crippen molar-refractivity contribution >= 4 is 17.4 Å². The molecule has 0 spiro atoms. The number of aliphatic hydroxyl groups excluding tert-OH is 1. The Morgan fingerprint density at radius 2 is 1.71 bits per heavy atom. The number of hydrogen-bond donors (Lipinski definition) is 1. The first-order chi connectivity index (χ1) is 14.9. The maximum atomic E-state index is 13.0. The van der Waals surface area contributed by atoms with Crippen LogP contribution in [0.3, 0.4) is 0 Å². The molecule has 0 saturated carbocycles. The van der Waals surface area contributed by atoms with Crippen LogP contribution in [0.5, 0.6) is 5.75 Å². The van der Waals surface area contributed by atoms with E-state index in [0.29, 0.717) is 17.9 Å². The number of ketones is 1. The number of amides is 1. The summed E-state index contributed by atoms with van der Waals surface area (Å²) >= 11 is 0. The summed E-state index contributed by atoms with van der Waals surface area (Å²) in [6.07, 6.45) is 1.60. The SMILES string of the molecule is CCc1ccc(/C(O)=C2/C(=O)C(=O)N(CCCN(C)C)C2c2ccc(OC)cc2)cc1. The molecule has 1 amide bonds. The van der Waals surface area contributed by atoms with Gasteiger partial charge in [-0.2, -0.15) is 0 Å². The molecule has 0 aliphatic carbocycles. The highest BCUT2D eigenvalue weighted by molar-refractivity contribution is 6.46. The first-order valence-electron chi connectivity index (χ1n) is 10.5. The smallest absolute Gasteiger partial charge is 0.295 e. The minimum absolute atomic E-state index is 0.129. The maximum Gasteiger partial charge on any atom is 0.295 e. The summed E-state index contributed by atoms with van der Waals surface area (Å²) in [5, 5.41) is 11.1. The van der Waals surface area contributed by atoms with Crippen LogP contribution >= 0.6 is 0 Å². The van der Waals surface area contributed by atoms with Crippen molar-refractivity contribution in [2.45, 2.75) is 25.8 Å². The van der Waals surface area contributed by atoms with Gasteiger partial charge in [0.15, 0.2) is 0 Å². The molecule has 0 aromatic heterocycles. The van der Waals surface area contributed by atoms with Gasteiger partial charge in [-0.3, -0.25) is 9.59 Å². The van der Waals surface area contributed by atoms with Crippen LogP contribution in [0, 0.1) is 0 Å². The second-order valence-electron chi connectivity index (χ2n) is 7.97. The summed E-state index contributed by atoms with van der Waals surface area (Å²) in [7, 11) is 5.52. The number of likely N-dealkylation sites (tertiary alicyclic amines) is 1. The predicted octanol–water partition coefficient (Wildman–Crippen LogP) is 3.63. The van der Waals surface area contributed by atoms with E-state index in [1.807, 2.05) is 43.3 Å². The minimum Gasteiger partial charge on any atom is -0.507 e. The summed E-state index contributed by atoms with van der Waals surface area (Å²) in [6, 6.07) is 14.0. The fourth-order valence-electron chi connectivity index (χ4n) is 3.85. The molecule has 1 heterocycles. The van der Waals surface area contributed by atoms with Gasteiger partial charge >= 0.3 is 0 Å². The molecule has 2 aromatic carbocycles. The molecule has 0 bridgehead atoms.